The van der Waals surface area contributed by atoms with Gasteiger partial charge in [-0.1, -0.05) is 0 Å². The molecule has 2 rings (SSSR count). The van der Waals surface area contributed by atoms with Crippen molar-refractivity contribution in [1.82, 2.24) is 0 Å². The smallest absolute Gasteiger partial charge is 0.238 e. The quantitative estimate of drug-likeness (QED) is 0.673. The predicted molar refractivity (Wildman–Crippen MR) is 81.0 cm³/mol. The summed E-state index contributed by atoms with van der Waals surface area (Å²) in [7, 11) is -3.75. The zero-order valence-corrected chi connectivity index (χ0v) is 12.5. The summed E-state index contributed by atoms with van der Waals surface area (Å²) >= 11 is 0. The predicted octanol–water partition coefficient (Wildman–Crippen LogP) is 0.00800. The van der Waals surface area contributed by atoms with Gasteiger partial charge in [-0.25, -0.2) is 13.6 Å². The van der Waals surface area contributed by atoms with Crippen LogP contribution in [-0.4, -0.2) is 27.4 Å². The van der Waals surface area contributed by atoms with E-state index in [-0.39, 0.29) is 16.7 Å². The number of nitrogens with two attached hydrogens (primary N) is 3. The van der Waals surface area contributed by atoms with Gasteiger partial charge in [-0.05, 0) is 37.0 Å². The molecule has 6 N–H and O–H groups in total. The van der Waals surface area contributed by atoms with E-state index in [0.29, 0.717) is 30.9 Å². The lowest BCUT2D eigenvalue weighted by Crippen LogP contribution is -2.35. The third-order valence-electron chi connectivity index (χ3n) is 3.78. The minimum atomic E-state index is -3.75. The van der Waals surface area contributed by atoms with Gasteiger partial charge in [0.05, 0.1) is 16.3 Å². The number of benzene rings is 1. The molecule has 0 unspecified atom stereocenters. The van der Waals surface area contributed by atoms with Gasteiger partial charge in [0.2, 0.25) is 15.9 Å². The van der Waals surface area contributed by atoms with Crippen molar-refractivity contribution in [3.05, 3.63) is 18.2 Å². The van der Waals surface area contributed by atoms with Crippen molar-refractivity contribution in [2.24, 2.45) is 16.8 Å². The second-order valence-electron chi connectivity index (χ2n) is 5.37. The van der Waals surface area contributed by atoms with Crippen molar-refractivity contribution >= 4 is 27.3 Å². The number of hydrogen-bond acceptors (Lipinski definition) is 5. The van der Waals surface area contributed by atoms with Crippen LogP contribution < -0.4 is 21.5 Å². The highest BCUT2D eigenvalue weighted by Crippen LogP contribution is 2.30. The van der Waals surface area contributed by atoms with Crippen molar-refractivity contribution in [2.45, 2.75) is 24.2 Å². The van der Waals surface area contributed by atoms with Crippen molar-refractivity contribution < 1.29 is 13.2 Å². The number of rotatable bonds is 4. The molecular weight excluding hydrogens is 292 g/mol. The van der Waals surface area contributed by atoms with Gasteiger partial charge in [0.25, 0.3) is 0 Å². The fourth-order valence-corrected chi connectivity index (χ4v) is 3.17. The van der Waals surface area contributed by atoms with E-state index in [1.54, 1.807) is 6.07 Å². The summed E-state index contributed by atoms with van der Waals surface area (Å²) in [5.41, 5.74) is 12.3. The molecule has 0 spiro atoms. The van der Waals surface area contributed by atoms with Gasteiger partial charge < -0.3 is 16.4 Å². The maximum atomic E-state index is 11.4. The number of sulfonamides is 1. The zero-order chi connectivity index (χ0) is 15.6. The SMILES string of the molecule is NC(=O)CC1CCN(c2cc(S(N)(=O)=O)ccc2N)CC1. The van der Waals surface area contributed by atoms with E-state index >= 15 is 0 Å². The number of primary sulfonamides is 1. The van der Waals surface area contributed by atoms with Gasteiger partial charge in [-0.2, -0.15) is 0 Å². The Balaban J connectivity index is 2.15. The Morgan fingerprint density at radius 2 is 1.90 bits per heavy atom. The fraction of sp³-hybridized carbons (Fsp3) is 0.462. The molecule has 7 nitrogen and oxygen atoms in total. The summed E-state index contributed by atoms with van der Waals surface area (Å²) < 4.78 is 22.8. The van der Waals surface area contributed by atoms with E-state index in [1.807, 2.05) is 4.90 Å². The molecule has 1 aromatic carbocycles. The number of primary amides is 1. The molecule has 1 aliphatic rings. The molecule has 0 atom stereocenters. The molecule has 0 aliphatic carbocycles. The van der Waals surface area contributed by atoms with Crippen molar-refractivity contribution in [3.63, 3.8) is 0 Å². The normalized spacial score (nSPS) is 16.9. The Hall–Kier alpha value is -1.80. The molecule has 1 amide bonds. The largest absolute Gasteiger partial charge is 0.397 e. The Labute approximate surface area is 124 Å². The van der Waals surface area contributed by atoms with Gasteiger partial charge in [-0.3, -0.25) is 4.79 Å². The minimum Gasteiger partial charge on any atom is -0.397 e. The van der Waals surface area contributed by atoms with Crippen molar-refractivity contribution in [2.75, 3.05) is 23.7 Å². The van der Waals surface area contributed by atoms with Crippen LogP contribution >= 0.6 is 0 Å². The summed E-state index contributed by atoms with van der Waals surface area (Å²) in [6, 6.07) is 4.44. The second kappa shape index (κ2) is 5.90. The Bertz CT molecular complexity index is 637. The topological polar surface area (TPSA) is 133 Å². The van der Waals surface area contributed by atoms with E-state index in [2.05, 4.69) is 0 Å². The van der Waals surface area contributed by atoms with E-state index < -0.39 is 10.0 Å². The van der Waals surface area contributed by atoms with Crippen LogP contribution in [0.4, 0.5) is 11.4 Å². The molecule has 1 heterocycles. The van der Waals surface area contributed by atoms with Crippen LogP contribution in [0.2, 0.25) is 0 Å². The Morgan fingerprint density at radius 3 is 2.43 bits per heavy atom. The molecule has 1 aliphatic heterocycles. The summed E-state index contributed by atoms with van der Waals surface area (Å²) in [5.74, 6) is -0.00872. The number of carbonyl (C=O) groups is 1. The highest BCUT2D eigenvalue weighted by atomic mass is 32.2. The first-order chi connectivity index (χ1) is 9.77. The van der Waals surface area contributed by atoms with Crippen LogP contribution in [0.5, 0.6) is 0 Å². The van der Waals surface area contributed by atoms with E-state index in [4.69, 9.17) is 16.6 Å². The van der Waals surface area contributed by atoms with Gasteiger partial charge in [0, 0.05) is 19.5 Å². The number of anilines is 2. The maximum Gasteiger partial charge on any atom is 0.238 e. The van der Waals surface area contributed by atoms with Crippen LogP contribution in [0.3, 0.4) is 0 Å². The average molecular weight is 312 g/mol. The van der Waals surface area contributed by atoms with Gasteiger partial charge in [0.1, 0.15) is 0 Å². The monoisotopic (exact) mass is 312 g/mol. The van der Waals surface area contributed by atoms with E-state index in [0.717, 1.165) is 12.8 Å². The molecule has 1 saturated heterocycles. The summed E-state index contributed by atoms with van der Waals surface area (Å²) in [6.07, 6.45) is 2.03. The molecule has 1 aromatic rings. The Kier molecular flexibility index (Phi) is 4.38. The lowest BCUT2D eigenvalue weighted by molar-refractivity contribution is -0.119. The molecule has 21 heavy (non-hydrogen) atoms. The molecule has 8 heteroatoms. The number of piperidine rings is 1. The zero-order valence-electron chi connectivity index (χ0n) is 11.7. The fourth-order valence-electron chi connectivity index (χ4n) is 2.64. The molecule has 116 valence electrons. The number of carbonyl (C=O) groups excluding carboxylic acids is 1. The second-order valence-corrected chi connectivity index (χ2v) is 6.93. The van der Waals surface area contributed by atoms with Crippen LogP contribution in [0, 0.1) is 5.92 Å². The number of hydrogen-bond donors (Lipinski definition) is 3. The Morgan fingerprint density at radius 1 is 1.29 bits per heavy atom. The molecule has 1 fully saturated rings. The highest BCUT2D eigenvalue weighted by molar-refractivity contribution is 7.89. The standard InChI is InChI=1S/C13H20N4O3S/c14-11-2-1-10(21(16,19)20)8-12(11)17-5-3-9(4-6-17)7-13(15)18/h1-2,8-9H,3-7,14H2,(H2,15,18)(H2,16,19,20). The first kappa shape index (κ1) is 15.6. The average Bonchev–Trinajstić information content (AvgIpc) is 2.38. The highest BCUT2D eigenvalue weighted by Gasteiger charge is 2.23. The summed E-state index contributed by atoms with van der Waals surface area (Å²) in [6.45, 7) is 1.41. The van der Waals surface area contributed by atoms with Crippen molar-refractivity contribution in [1.29, 1.82) is 0 Å². The third-order valence-corrected chi connectivity index (χ3v) is 4.69. The van der Waals surface area contributed by atoms with Gasteiger partial charge >= 0.3 is 0 Å². The number of amides is 1. The van der Waals surface area contributed by atoms with Crippen LogP contribution in [-0.2, 0) is 14.8 Å². The molecule has 0 radical (unpaired) electrons. The minimum absolute atomic E-state index is 0.0472. The van der Waals surface area contributed by atoms with Crippen molar-refractivity contribution in [3.8, 4) is 0 Å². The van der Waals surface area contributed by atoms with Gasteiger partial charge in [0.15, 0.2) is 0 Å². The van der Waals surface area contributed by atoms with E-state index in [9.17, 15) is 13.2 Å². The lowest BCUT2D eigenvalue weighted by Gasteiger charge is -2.34. The van der Waals surface area contributed by atoms with Gasteiger partial charge in [-0.15, -0.1) is 0 Å². The maximum absolute atomic E-state index is 11.4. The molecular formula is C13H20N4O3S. The first-order valence-electron chi connectivity index (χ1n) is 6.73. The molecule has 0 bridgehead atoms. The summed E-state index contributed by atoms with van der Waals surface area (Å²) in [4.78, 5) is 13.0. The first-order valence-corrected chi connectivity index (χ1v) is 8.27. The van der Waals surface area contributed by atoms with Crippen LogP contribution in [0.15, 0.2) is 23.1 Å². The molecule has 0 saturated carbocycles. The number of nitrogens with zero attached hydrogens (tertiary/aromatic N) is 1. The molecule has 0 aromatic heterocycles. The van der Waals surface area contributed by atoms with Crippen LogP contribution in [0.25, 0.3) is 0 Å². The lowest BCUT2D eigenvalue weighted by atomic mass is 9.93. The third kappa shape index (κ3) is 3.85. The number of nitrogen functional groups attached to an aromatic ring is 1. The van der Waals surface area contributed by atoms with Crippen LogP contribution in [0.1, 0.15) is 19.3 Å². The summed E-state index contributed by atoms with van der Waals surface area (Å²) in [5, 5.41) is 5.14. The van der Waals surface area contributed by atoms with E-state index in [1.165, 1.54) is 12.1 Å².